The molecule has 2 rings (SSSR count). The van der Waals surface area contributed by atoms with Crippen molar-refractivity contribution in [2.75, 3.05) is 0 Å². The van der Waals surface area contributed by atoms with Gasteiger partial charge in [-0.2, -0.15) is 0 Å². The number of rotatable bonds is 4. The molecule has 1 aromatic carbocycles. The van der Waals surface area contributed by atoms with Crippen LogP contribution < -0.4 is 0 Å². The van der Waals surface area contributed by atoms with Crippen LogP contribution in [-0.2, 0) is 0 Å². The molecule has 1 aliphatic rings. The number of alkyl halides is 1. The summed E-state index contributed by atoms with van der Waals surface area (Å²) in [5, 5.41) is 0.175. The Balaban J connectivity index is 1.95. The van der Waals surface area contributed by atoms with Gasteiger partial charge in [0.15, 0.2) is 0 Å². The highest BCUT2D eigenvalue weighted by molar-refractivity contribution is 9.10. The van der Waals surface area contributed by atoms with Crippen LogP contribution in [0.5, 0.6) is 0 Å². The smallest absolute Gasteiger partial charge is 0.0588 e. The van der Waals surface area contributed by atoms with Gasteiger partial charge in [-0.25, -0.2) is 0 Å². The molecule has 0 saturated heterocycles. The van der Waals surface area contributed by atoms with Crippen LogP contribution in [0.4, 0.5) is 0 Å². The van der Waals surface area contributed by atoms with E-state index < -0.39 is 0 Å². The largest absolute Gasteiger partial charge is 0.118 e. The molecular weight excluding hydrogens is 320 g/mol. The van der Waals surface area contributed by atoms with Gasteiger partial charge in [0.1, 0.15) is 0 Å². The van der Waals surface area contributed by atoms with E-state index in [0.717, 1.165) is 12.3 Å². The molecule has 0 spiro atoms. The lowest BCUT2D eigenvalue weighted by Crippen LogP contribution is -2.07. The molecule has 2 heteroatoms. The highest BCUT2D eigenvalue weighted by Gasteiger charge is 2.17. The highest BCUT2D eigenvalue weighted by atomic mass is 79.9. The molecular formula is C17H24BrCl. The van der Waals surface area contributed by atoms with Crippen molar-refractivity contribution in [3.05, 3.63) is 33.3 Å². The minimum atomic E-state index is 0.175. The summed E-state index contributed by atoms with van der Waals surface area (Å²) in [5.41, 5.74) is 3.91. The molecule has 0 heterocycles. The van der Waals surface area contributed by atoms with Gasteiger partial charge >= 0.3 is 0 Å². The molecule has 0 N–H and O–H groups in total. The first-order valence-electron chi connectivity index (χ1n) is 7.48. The summed E-state index contributed by atoms with van der Waals surface area (Å²) in [6.07, 6.45) is 9.54. The molecule has 0 bridgehead atoms. The van der Waals surface area contributed by atoms with Crippen molar-refractivity contribution in [1.29, 1.82) is 0 Å². The zero-order valence-corrected chi connectivity index (χ0v) is 14.4. The maximum Gasteiger partial charge on any atom is 0.0588 e. The fraction of sp³-hybridized carbons (Fsp3) is 0.647. The predicted octanol–water partition coefficient (Wildman–Crippen LogP) is 6.71. The van der Waals surface area contributed by atoms with E-state index in [2.05, 4.69) is 41.9 Å². The number of aryl methyl sites for hydroxylation is 2. The summed E-state index contributed by atoms with van der Waals surface area (Å²) in [4.78, 5) is 0. The summed E-state index contributed by atoms with van der Waals surface area (Å²) in [6, 6.07) is 4.44. The Morgan fingerprint density at radius 1 is 1.16 bits per heavy atom. The van der Waals surface area contributed by atoms with Crippen molar-refractivity contribution in [3.63, 3.8) is 0 Å². The van der Waals surface area contributed by atoms with Gasteiger partial charge in [-0.1, -0.05) is 54.1 Å². The van der Waals surface area contributed by atoms with Gasteiger partial charge in [-0.15, -0.1) is 11.6 Å². The van der Waals surface area contributed by atoms with Crippen molar-refractivity contribution in [2.45, 2.75) is 64.2 Å². The molecule has 1 saturated carbocycles. The van der Waals surface area contributed by atoms with Crippen molar-refractivity contribution in [2.24, 2.45) is 5.92 Å². The van der Waals surface area contributed by atoms with Gasteiger partial charge in [0.25, 0.3) is 0 Å². The summed E-state index contributed by atoms with van der Waals surface area (Å²) < 4.78 is 1.19. The minimum absolute atomic E-state index is 0.175. The van der Waals surface area contributed by atoms with Crippen molar-refractivity contribution < 1.29 is 0 Å². The van der Waals surface area contributed by atoms with Crippen LogP contribution in [0.25, 0.3) is 0 Å². The molecule has 0 aromatic heterocycles. The third-order valence-electron chi connectivity index (χ3n) is 4.44. The molecule has 1 atom stereocenters. The van der Waals surface area contributed by atoms with Gasteiger partial charge in [0, 0.05) is 4.47 Å². The third kappa shape index (κ3) is 4.23. The first kappa shape index (κ1) is 15.4. The van der Waals surface area contributed by atoms with E-state index in [-0.39, 0.29) is 5.38 Å². The van der Waals surface area contributed by atoms with E-state index in [1.807, 2.05) is 0 Å². The standard InChI is InChI=1S/C17H24BrCl/c1-12-11-16(18)13(2)10-15(12)17(19)9-8-14-6-4-3-5-7-14/h10-11,14,17H,3-9H2,1-2H3. The monoisotopic (exact) mass is 342 g/mol. The van der Waals surface area contributed by atoms with Crippen LogP contribution in [0.2, 0.25) is 0 Å². The number of halogens is 2. The molecule has 0 nitrogen and oxygen atoms in total. The number of benzene rings is 1. The van der Waals surface area contributed by atoms with E-state index in [1.54, 1.807) is 0 Å². The fourth-order valence-corrected chi connectivity index (χ4v) is 3.97. The summed E-state index contributed by atoms with van der Waals surface area (Å²) >= 11 is 10.2. The Labute approximate surface area is 131 Å². The van der Waals surface area contributed by atoms with Crippen molar-refractivity contribution in [1.82, 2.24) is 0 Å². The summed E-state index contributed by atoms with van der Waals surface area (Å²) in [6.45, 7) is 4.30. The quantitative estimate of drug-likeness (QED) is 0.533. The predicted molar refractivity (Wildman–Crippen MR) is 88.0 cm³/mol. The van der Waals surface area contributed by atoms with E-state index in [0.29, 0.717) is 0 Å². The average Bonchev–Trinajstić information content (AvgIpc) is 2.41. The highest BCUT2D eigenvalue weighted by Crippen LogP contribution is 2.35. The molecule has 1 unspecified atom stereocenters. The number of hydrogen-bond acceptors (Lipinski definition) is 0. The van der Waals surface area contributed by atoms with Gasteiger partial charge in [0.05, 0.1) is 5.38 Å². The Morgan fingerprint density at radius 2 is 1.84 bits per heavy atom. The first-order valence-corrected chi connectivity index (χ1v) is 8.71. The molecule has 106 valence electrons. The second-order valence-corrected chi connectivity index (χ2v) is 7.39. The van der Waals surface area contributed by atoms with Gasteiger partial charge < -0.3 is 0 Å². The van der Waals surface area contributed by atoms with Crippen LogP contribution in [0.3, 0.4) is 0 Å². The van der Waals surface area contributed by atoms with Crippen LogP contribution in [0.15, 0.2) is 16.6 Å². The Kier molecular flexibility index (Phi) is 5.77. The van der Waals surface area contributed by atoms with Crippen LogP contribution in [0, 0.1) is 19.8 Å². The van der Waals surface area contributed by atoms with Crippen molar-refractivity contribution >= 4 is 27.5 Å². The first-order chi connectivity index (χ1) is 9.08. The third-order valence-corrected chi connectivity index (χ3v) is 5.75. The molecule has 0 amide bonds. The van der Waals surface area contributed by atoms with Gasteiger partial charge in [-0.05, 0) is 55.4 Å². The zero-order chi connectivity index (χ0) is 13.8. The molecule has 1 fully saturated rings. The summed E-state index contributed by atoms with van der Waals surface area (Å²) in [7, 11) is 0. The molecule has 1 aliphatic carbocycles. The number of hydrogen-bond donors (Lipinski definition) is 0. The van der Waals surface area contributed by atoms with E-state index in [4.69, 9.17) is 11.6 Å². The Bertz CT molecular complexity index is 422. The fourth-order valence-electron chi connectivity index (χ4n) is 3.15. The molecule has 0 aliphatic heterocycles. The van der Waals surface area contributed by atoms with E-state index >= 15 is 0 Å². The Morgan fingerprint density at radius 3 is 2.53 bits per heavy atom. The van der Waals surface area contributed by atoms with Crippen LogP contribution in [0.1, 0.15) is 67.0 Å². The lowest BCUT2D eigenvalue weighted by molar-refractivity contribution is 0.331. The van der Waals surface area contributed by atoms with Gasteiger partial charge in [-0.3, -0.25) is 0 Å². The maximum absolute atomic E-state index is 6.64. The lowest BCUT2D eigenvalue weighted by Gasteiger charge is -2.23. The summed E-state index contributed by atoms with van der Waals surface area (Å²) in [5.74, 6) is 0.923. The second kappa shape index (κ2) is 7.13. The second-order valence-electron chi connectivity index (χ2n) is 6.01. The SMILES string of the molecule is Cc1cc(C(Cl)CCC2CCCCC2)c(C)cc1Br. The lowest BCUT2D eigenvalue weighted by atomic mass is 9.85. The van der Waals surface area contributed by atoms with Gasteiger partial charge in [0.2, 0.25) is 0 Å². The van der Waals surface area contributed by atoms with E-state index in [9.17, 15) is 0 Å². The maximum atomic E-state index is 6.64. The van der Waals surface area contributed by atoms with Crippen LogP contribution in [-0.4, -0.2) is 0 Å². The Hall–Kier alpha value is -0.0100. The molecule has 19 heavy (non-hydrogen) atoms. The minimum Gasteiger partial charge on any atom is -0.118 e. The normalized spacial score (nSPS) is 18.5. The molecule has 1 aromatic rings. The van der Waals surface area contributed by atoms with Crippen molar-refractivity contribution in [3.8, 4) is 0 Å². The van der Waals surface area contributed by atoms with Crippen LogP contribution >= 0.6 is 27.5 Å². The molecule has 0 radical (unpaired) electrons. The topological polar surface area (TPSA) is 0 Å². The van der Waals surface area contributed by atoms with E-state index in [1.165, 1.54) is 59.7 Å². The zero-order valence-electron chi connectivity index (χ0n) is 12.0. The average molecular weight is 344 g/mol.